The Bertz CT molecular complexity index is 626. The smallest absolute Gasteiger partial charge is 0.124 e. The van der Waals surface area contributed by atoms with Gasteiger partial charge in [0.25, 0.3) is 0 Å². The van der Waals surface area contributed by atoms with E-state index in [1.165, 1.54) is 0 Å². The highest BCUT2D eigenvalue weighted by Crippen LogP contribution is 2.28. The van der Waals surface area contributed by atoms with Gasteiger partial charge in [-0.25, -0.2) is 4.98 Å². The van der Waals surface area contributed by atoms with Gasteiger partial charge in [0, 0.05) is 22.8 Å². The number of nitrogens with one attached hydrogen (secondary N) is 1. The Labute approximate surface area is 103 Å². The van der Waals surface area contributed by atoms with Gasteiger partial charge in [-0.05, 0) is 24.3 Å². The molecule has 84 valence electrons. The maximum Gasteiger partial charge on any atom is 0.124 e. The van der Waals surface area contributed by atoms with E-state index in [1.54, 1.807) is 11.3 Å². The standard InChI is InChI=1S/C13H11N3S/c14-10-4-1-3-9(7-10)13-16-12(8-17-13)11-5-2-6-15-11/h1-8,15H,14H2. The lowest BCUT2D eigenvalue weighted by Crippen LogP contribution is -1.84. The second-order valence-corrected chi connectivity index (χ2v) is 4.61. The molecular formula is C13H11N3S. The van der Waals surface area contributed by atoms with E-state index in [4.69, 9.17) is 5.73 Å². The number of thiazole rings is 1. The quantitative estimate of drug-likeness (QED) is 0.676. The minimum Gasteiger partial charge on any atom is -0.399 e. The summed E-state index contributed by atoms with van der Waals surface area (Å²) in [6.45, 7) is 0. The van der Waals surface area contributed by atoms with Crippen molar-refractivity contribution in [3.63, 3.8) is 0 Å². The van der Waals surface area contributed by atoms with Crippen molar-refractivity contribution in [2.75, 3.05) is 5.73 Å². The van der Waals surface area contributed by atoms with E-state index in [2.05, 4.69) is 9.97 Å². The molecule has 0 saturated heterocycles. The van der Waals surface area contributed by atoms with E-state index < -0.39 is 0 Å². The summed E-state index contributed by atoms with van der Waals surface area (Å²) in [5.41, 5.74) is 9.60. The van der Waals surface area contributed by atoms with Crippen molar-refractivity contribution in [1.29, 1.82) is 0 Å². The highest BCUT2D eigenvalue weighted by Gasteiger charge is 2.06. The van der Waals surface area contributed by atoms with Crippen LogP contribution < -0.4 is 5.73 Å². The first kappa shape index (κ1) is 10.1. The minimum absolute atomic E-state index is 0.763. The lowest BCUT2D eigenvalue weighted by Gasteiger charge is -1.97. The monoisotopic (exact) mass is 241 g/mol. The average molecular weight is 241 g/mol. The van der Waals surface area contributed by atoms with Gasteiger partial charge in [0.15, 0.2) is 0 Å². The number of aromatic nitrogens is 2. The number of nitrogens with zero attached hydrogens (tertiary/aromatic N) is 1. The Hall–Kier alpha value is -2.07. The molecule has 0 aliphatic heterocycles. The number of aromatic amines is 1. The van der Waals surface area contributed by atoms with Crippen molar-refractivity contribution in [3.05, 3.63) is 48.0 Å². The van der Waals surface area contributed by atoms with Crippen LogP contribution in [0.4, 0.5) is 5.69 Å². The van der Waals surface area contributed by atoms with Gasteiger partial charge in [-0.3, -0.25) is 0 Å². The van der Waals surface area contributed by atoms with Crippen LogP contribution in [-0.2, 0) is 0 Å². The van der Waals surface area contributed by atoms with Crippen LogP contribution in [0.2, 0.25) is 0 Å². The number of rotatable bonds is 2. The maximum atomic E-state index is 5.77. The molecule has 0 fully saturated rings. The summed E-state index contributed by atoms with van der Waals surface area (Å²) in [7, 11) is 0. The van der Waals surface area contributed by atoms with Crippen molar-refractivity contribution in [2.45, 2.75) is 0 Å². The fourth-order valence-electron chi connectivity index (χ4n) is 1.69. The molecule has 1 aromatic carbocycles. The summed E-state index contributed by atoms with van der Waals surface area (Å²) in [4.78, 5) is 7.74. The lowest BCUT2D eigenvalue weighted by atomic mass is 10.2. The van der Waals surface area contributed by atoms with Crippen molar-refractivity contribution in [1.82, 2.24) is 9.97 Å². The zero-order valence-corrected chi connectivity index (χ0v) is 9.87. The Kier molecular flexibility index (Phi) is 2.42. The molecule has 0 aliphatic rings. The normalized spacial score (nSPS) is 10.6. The van der Waals surface area contributed by atoms with Gasteiger partial charge in [-0.2, -0.15) is 0 Å². The predicted molar refractivity (Wildman–Crippen MR) is 71.7 cm³/mol. The summed E-state index contributed by atoms with van der Waals surface area (Å²) < 4.78 is 0. The van der Waals surface area contributed by atoms with E-state index in [-0.39, 0.29) is 0 Å². The number of H-pyrrole nitrogens is 1. The lowest BCUT2D eigenvalue weighted by molar-refractivity contribution is 1.33. The summed E-state index contributed by atoms with van der Waals surface area (Å²) in [5, 5.41) is 3.03. The zero-order valence-electron chi connectivity index (χ0n) is 9.05. The molecule has 0 radical (unpaired) electrons. The zero-order chi connectivity index (χ0) is 11.7. The summed E-state index contributed by atoms with van der Waals surface area (Å²) in [6, 6.07) is 11.8. The van der Waals surface area contributed by atoms with Crippen LogP contribution in [0.5, 0.6) is 0 Å². The highest BCUT2D eigenvalue weighted by atomic mass is 32.1. The number of benzene rings is 1. The van der Waals surface area contributed by atoms with Gasteiger partial charge >= 0.3 is 0 Å². The van der Waals surface area contributed by atoms with Gasteiger partial charge in [-0.1, -0.05) is 12.1 Å². The first-order valence-electron chi connectivity index (χ1n) is 5.28. The third-order valence-corrected chi connectivity index (χ3v) is 3.40. The second kappa shape index (κ2) is 4.07. The number of anilines is 1. The van der Waals surface area contributed by atoms with Crippen LogP contribution >= 0.6 is 11.3 Å². The highest BCUT2D eigenvalue weighted by molar-refractivity contribution is 7.13. The largest absolute Gasteiger partial charge is 0.399 e. The molecule has 3 N–H and O–H groups in total. The number of nitrogens with two attached hydrogens (primary N) is 1. The van der Waals surface area contributed by atoms with Crippen LogP contribution in [0, 0.1) is 0 Å². The average Bonchev–Trinajstić information content (AvgIpc) is 3.00. The van der Waals surface area contributed by atoms with Crippen molar-refractivity contribution >= 4 is 17.0 Å². The van der Waals surface area contributed by atoms with E-state index >= 15 is 0 Å². The third-order valence-electron chi connectivity index (χ3n) is 2.51. The van der Waals surface area contributed by atoms with Gasteiger partial charge in [-0.15, -0.1) is 11.3 Å². The van der Waals surface area contributed by atoms with Gasteiger partial charge in [0.2, 0.25) is 0 Å². The Morgan fingerprint density at radius 2 is 2.12 bits per heavy atom. The summed E-state index contributed by atoms with van der Waals surface area (Å²) >= 11 is 1.62. The van der Waals surface area contributed by atoms with E-state index in [0.29, 0.717) is 0 Å². The molecular weight excluding hydrogens is 230 g/mol. The molecule has 0 atom stereocenters. The molecule has 2 aromatic heterocycles. The Morgan fingerprint density at radius 3 is 2.88 bits per heavy atom. The molecule has 4 heteroatoms. The van der Waals surface area contributed by atoms with Crippen LogP contribution in [-0.4, -0.2) is 9.97 Å². The Balaban J connectivity index is 2.01. The third kappa shape index (κ3) is 1.94. The second-order valence-electron chi connectivity index (χ2n) is 3.75. The van der Waals surface area contributed by atoms with E-state index in [0.717, 1.165) is 27.6 Å². The number of hydrogen-bond donors (Lipinski definition) is 2. The topological polar surface area (TPSA) is 54.7 Å². The number of nitrogen functional groups attached to an aromatic ring is 1. The van der Waals surface area contributed by atoms with Crippen LogP contribution in [0.15, 0.2) is 48.0 Å². The van der Waals surface area contributed by atoms with Crippen LogP contribution in [0.25, 0.3) is 22.0 Å². The molecule has 3 nitrogen and oxygen atoms in total. The van der Waals surface area contributed by atoms with Gasteiger partial charge < -0.3 is 10.7 Å². The first-order chi connectivity index (χ1) is 8.33. The van der Waals surface area contributed by atoms with Crippen LogP contribution in [0.3, 0.4) is 0 Å². The molecule has 0 saturated carbocycles. The minimum atomic E-state index is 0.763. The Morgan fingerprint density at radius 1 is 1.18 bits per heavy atom. The van der Waals surface area contributed by atoms with E-state index in [9.17, 15) is 0 Å². The molecule has 0 spiro atoms. The molecule has 3 aromatic rings. The van der Waals surface area contributed by atoms with Gasteiger partial charge in [0.05, 0.1) is 11.4 Å². The van der Waals surface area contributed by atoms with Crippen molar-refractivity contribution < 1.29 is 0 Å². The predicted octanol–water partition coefficient (Wildman–Crippen LogP) is 3.39. The molecule has 0 amide bonds. The SMILES string of the molecule is Nc1cccc(-c2nc(-c3ccc[nH]3)cs2)c1. The molecule has 0 unspecified atom stereocenters. The first-order valence-corrected chi connectivity index (χ1v) is 6.16. The van der Waals surface area contributed by atoms with E-state index in [1.807, 2.05) is 48.0 Å². The summed E-state index contributed by atoms with van der Waals surface area (Å²) in [6.07, 6.45) is 1.90. The van der Waals surface area contributed by atoms with Gasteiger partial charge in [0.1, 0.15) is 5.01 Å². The maximum absolute atomic E-state index is 5.77. The molecule has 2 heterocycles. The fourth-order valence-corrected chi connectivity index (χ4v) is 2.51. The molecule has 17 heavy (non-hydrogen) atoms. The van der Waals surface area contributed by atoms with Crippen molar-refractivity contribution in [3.8, 4) is 22.0 Å². The van der Waals surface area contributed by atoms with Crippen molar-refractivity contribution in [2.24, 2.45) is 0 Å². The number of hydrogen-bond acceptors (Lipinski definition) is 3. The summed E-state index contributed by atoms with van der Waals surface area (Å²) in [5.74, 6) is 0. The molecule has 3 rings (SSSR count). The fraction of sp³-hybridized carbons (Fsp3) is 0. The molecule has 0 aliphatic carbocycles. The van der Waals surface area contributed by atoms with Crippen LogP contribution in [0.1, 0.15) is 0 Å². The molecule has 0 bridgehead atoms.